The first-order valence-electron chi connectivity index (χ1n) is 6.31. The Hall–Kier alpha value is -1.42. The van der Waals surface area contributed by atoms with Gasteiger partial charge in [0.2, 0.25) is 0 Å². The van der Waals surface area contributed by atoms with Crippen LogP contribution in [0.3, 0.4) is 0 Å². The van der Waals surface area contributed by atoms with Gasteiger partial charge in [-0.2, -0.15) is 0 Å². The van der Waals surface area contributed by atoms with Crippen LogP contribution in [-0.2, 0) is 9.53 Å². The number of halogens is 1. The summed E-state index contributed by atoms with van der Waals surface area (Å²) in [5, 5.41) is 3.27. The monoisotopic (exact) mass is 253 g/mol. The lowest BCUT2D eigenvalue weighted by Crippen LogP contribution is -2.25. The van der Waals surface area contributed by atoms with Gasteiger partial charge in [-0.15, -0.1) is 0 Å². The van der Waals surface area contributed by atoms with E-state index in [4.69, 9.17) is 4.74 Å². The zero-order chi connectivity index (χ0) is 13.4. The number of rotatable bonds is 7. The van der Waals surface area contributed by atoms with Crippen molar-refractivity contribution < 1.29 is 13.9 Å². The fourth-order valence-corrected chi connectivity index (χ4v) is 1.71. The highest BCUT2D eigenvalue weighted by molar-refractivity contribution is 5.70. The highest BCUT2D eigenvalue weighted by Gasteiger charge is 2.16. The average Bonchev–Trinajstić information content (AvgIpc) is 2.36. The molecule has 0 radical (unpaired) electrons. The summed E-state index contributed by atoms with van der Waals surface area (Å²) >= 11 is 0. The second kappa shape index (κ2) is 7.82. The first-order chi connectivity index (χ1) is 8.67. The topological polar surface area (TPSA) is 38.3 Å². The number of carbonyl (C=O) groups is 1. The second-order valence-corrected chi connectivity index (χ2v) is 4.07. The number of carbonyl (C=O) groups excluding carboxylic acids is 1. The minimum absolute atomic E-state index is 0.121. The molecule has 0 amide bonds. The summed E-state index contributed by atoms with van der Waals surface area (Å²) in [5.74, 6) is -0.514. The van der Waals surface area contributed by atoms with E-state index in [1.165, 1.54) is 12.1 Å². The first-order valence-corrected chi connectivity index (χ1v) is 6.31. The molecule has 0 aliphatic carbocycles. The normalized spacial score (nSPS) is 12.2. The largest absolute Gasteiger partial charge is 0.466 e. The van der Waals surface area contributed by atoms with Crippen molar-refractivity contribution in [1.29, 1.82) is 0 Å². The first kappa shape index (κ1) is 14.6. The molecule has 4 heteroatoms. The molecule has 1 N–H and O–H groups in total. The molecule has 0 bridgehead atoms. The Morgan fingerprint density at radius 3 is 2.56 bits per heavy atom. The van der Waals surface area contributed by atoms with Crippen molar-refractivity contribution in [3.05, 3.63) is 35.6 Å². The van der Waals surface area contributed by atoms with Crippen LogP contribution < -0.4 is 5.32 Å². The van der Waals surface area contributed by atoms with Gasteiger partial charge < -0.3 is 10.1 Å². The third-order valence-electron chi connectivity index (χ3n) is 2.59. The summed E-state index contributed by atoms with van der Waals surface area (Å²) < 4.78 is 17.8. The molecular formula is C14H20FNO2. The van der Waals surface area contributed by atoms with Gasteiger partial charge in [-0.1, -0.05) is 19.1 Å². The maximum Gasteiger partial charge on any atom is 0.307 e. The smallest absolute Gasteiger partial charge is 0.307 e. The Labute approximate surface area is 107 Å². The van der Waals surface area contributed by atoms with Crippen molar-refractivity contribution >= 4 is 5.97 Å². The number of esters is 1. The van der Waals surface area contributed by atoms with Crippen LogP contribution in [0.2, 0.25) is 0 Å². The van der Waals surface area contributed by atoms with Crippen molar-refractivity contribution in [2.75, 3.05) is 13.2 Å². The highest BCUT2D eigenvalue weighted by atomic mass is 19.1. The van der Waals surface area contributed by atoms with Crippen LogP contribution >= 0.6 is 0 Å². The molecular weight excluding hydrogens is 233 g/mol. The van der Waals surface area contributed by atoms with Crippen molar-refractivity contribution in [3.63, 3.8) is 0 Å². The van der Waals surface area contributed by atoms with E-state index in [9.17, 15) is 9.18 Å². The number of hydrogen-bond donors (Lipinski definition) is 1. The van der Waals surface area contributed by atoms with Crippen LogP contribution in [0.1, 0.15) is 38.3 Å². The van der Waals surface area contributed by atoms with Gasteiger partial charge in [0.15, 0.2) is 0 Å². The van der Waals surface area contributed by atoms with Crippen molar-refractivity contribution in [2.45, 2.75) is 32.7 Å². The summed E-state index contributed by atoms with van der Waals surface area (Å²) in [6.45, 7) is 5.02. The Morgan fingerprint density at radius 1 is 1.33 bits per heavy atom. The third-order valence-corrected chi connectivity index (χ3v) is 2.59. The Balaban J connectivity index is 2.70. The fraction of sp³-hybridized carbons (Fsp3) is 0.500. The molecule has 0 fully saturated rings. The number of nitrogens with one attached hydrogen (secondary N) is 1. The minimum atomic E-state index is -0.274. The van der Waals surface area contributed by atoms with E-state index >= 15 is 0 Å². The molecule has 100 valence electrons. The van der Waals surface area contributed by atoms with Gasteiger partial charge in [-0.3, -0.25) is 4.79 Å². The molecule has 1 aromatic rings. The molecule has 0 spiro atoms. The molecule has 18 heavy (non-hydrogen) atoms. The van der Waals surface area contributed by atoms with Gasteiger partial charge in [0.05, 0.1) is 13.0 Å². The molecule has 1 atom stereocenters. The van der Waals surface area contributed by atoms with E-state index in [2.05, 4.69) is 12.2 Å². The fourth-order valence-electron chi connectivity index (χ4n) is 1.71. The van der Waals surface area contributed by atoms with E-state index in [1.54, 1.807) is 19.1 Å². The van der Waals surface area contributed by atoms with Crippen LogP contribution in [0, 0.1) is 5.82 Å². The predicted octanol–water partition coefficient (Wildman–Crippen LogP) is 2.82. The van der Waals surface area contributed by atoms with E-state index in [0.29, 0.717) is 6.61 Å². The van der Waals surface area contributed by atoms with E-state index in [0.717, 1.165) is 18.5 Å². The van der Waals surface area contributed by atoms with Crippen LogP contribution in [0.15, 0.2) is 24.3 Å². The maximum absolute atomic E-state index is 12.9. The lowest BCUT2D eigenvalue weighted by atomic mass is 10.0. The Morgan fingerprint density at radius 2 is 2.00 bits per heavy atom. The van der Waals surface area contributed by atoms with Crippen molar-refractivity contribution in [2.24, 2.45) is 0 Å². The molecule has 1 rings (SSSR count). The number of ether oxygens (including phenoxy) is 1. The molecule has 0 aliphatic heterocycles. The van der Waals surface area contributed by atoms with Gasteiger partial charge in [0, 0.05) is 6.04 Å². The maximum atomic E-state index is 12.9. The summed E-state index contributed by atoms with van der Waals surface area (Å²) in [7, 11) is 0. The van der Waals surface area contributed by atoms with Crippen molar-refractivity contribution in [3.8, 4) is 0 Å². The van der Waals surface area contributed by atoms with Crippen LogP contribution in [0.4, 0.5) is 4.39 Å². The summed E-state index contributed by atoms with van der Waals surface area (Å²) in [4.78, 5) is 11.5. The van der Waals surface area contributed by atoms with Gasteiger partial charge >= 0.3 is 5.97 Å². The van der Waals surface area contributed by atoms with Gasteiger partial charge in [0.25, 0.3) is 0 Å². The highest BCUT2D eigenvalue weighted by Crippen LogP contribution is 2.18. The van der Waals surface area contributed by atoms with E-state index in [-0.39, 0.29) is 24.2 Å². The van der Waals surface area contributed by atoms with E-state index < -0.39 is 0 Å². The molecule has 1 aromatic carbocycles. The molecule has 1 unspecified atom stereocenters. The Kier molecular flexibility index (Phi) is 6.36. The molecule has 0 heterocycles. The third kappa shape index (κ3) is 4.84. The lowest BCUT2D eigenvalue weighted by molar-refractivity contribution is -0.143. The summed E-state index contributed by atoms with van der Waals surface area (Å²) in [6.07, 6.45) is 1.24. The minimum Gasteiger partial charge on any atom is -0.466 e. The molecule has 3 nitrogen and oxygen atoms in total. The van der Waals surface area contributed by atoms with Crippen molar-refractivity contribution in [1.82, 2.24) is 5.32 Å². The molecule has 0 saturated carbocycles. The summed E-state index contributed by atoms with van der Waals surface area (Å²) in [6, 6.07) is 6.08. The number of benzene rings is 1. The SMILES string of the molecule is CCCNC(CC(=O)OCC)c1ccc(F)cc1. The zero-order valence-electron chi connectivity index (χ0n) is 10.9. The van der Waals surface area contributed by atoms with Gasteiger partial charge in [0.1, 0.15) is 5.82 Å². The van der Waals surface area contributed by atoms with Gasteiger partial charge in [-0.25, -0.2) is 4.39 Å². The molecule has 0 saturated heterocycles. The molecule has 0 aliphatic rings. The van der Waals surface area contributed by atoms with Gasteiger partial charge in [-0.05, 0) is 37.6 Å². The average molecular weight is 253 g/mol. The zero-order valence-corrected chi connectivity index (χ0v) is 10.9. The standard InChI is InChI=1S/C14H20FNO2/c1-3-9-16-13(10-14(17)18-4-2)11-5-7-12(15)8-6-11/h5-8,13,16H,3-4,9-10H2,1-2H3. The number of hydrogen-bond acceptors (Lipinski definition) is 3. The van der Waals surface area contributed by atoms with E-state index in [1.807, 2.05) is 0 Å². The second-order valence-electron chi connectivity index (χ2n) is 4.07. The van der Waals surface area contributed by atoms with Crippen LogP contribution in [0.5, 0.6) is 0 Å². The molecule has 0 aromatic heterocycles. The summed E-state index contributed by atoms with van der Waals surface area (Å²) in [5.41, 5.74) is 0.901. The Bertz CT molecular complexity index is 365. The quantitative estimate of drug-likeness (QED) is 0.759. The lowest BCUT2D eigenvalue weighted by Gasteiger charge is -2.18. The predicted molar refractivity (Wildman–Crippen MR) is 68.7 cm³/mol. The van der Waals surface area contributed by atoms with Crippen LogP contribution in [0.25, 0.3) is 0 Å². The van der Waals surface area contributed by atoms with Crippen LogP contribution in [-0.4, -0.2) is 19.1 Å².